The number of aromatic nitrogens is 2. The van der Waals surface area contributed by atoms with Crippen LogP contribution in [0.2, 0.25) is 0 Å². The number of H-pyrrole nitrogens is 2. The van der Waals surface area contributed by atoms with Crippen LogP contribution in [-0.4, -0.2) is 82.4 Å². The van der Waals surface area contributed by atoms with Gasteiger partial charge in [0.25, 0.3) is 11.5 Å². The Morgan fingerprint density at radius 3 is 2.29 bits per heavy atom. The molecular formula is C16H23N5O3. The molecule has 4 aliphatic rings. The van der Waals surface area contributed by atoms with Crippen molar-refractivity contribution in [3.05, 3.63) is 32.6 Å². The molecule has 2 bridgehead atoms. The van der Waals surface area contributed by atoms with Crippen LogP contribution in [0.3, 0.4) is 0 Å². The quantitative estimate of drug-likeness (QED) is 0.718. The standard InChI is InChI=1S/C16H23N5O3/c22-14-9-12(17-16(24)18-14)15(23)21-7-5-20(6-8-21)13-10-19-3-1-11(13)2-4-19/h9,11,13H,1-8,10H2,(H2,17,18,22,24)/t13-/m0/s1. The summed E-state index contributed by atoms with van der Waals surface area (Å²) in [5.41, 5.74) is -1.12. The number of nitrogens with zero attached hydrogens (tertiary/aromatic N) is 3. The van der Waals surface area contributed by atoms with Crippen molar-refractivity contribution in [1.29, 1.82) is 0 Å². The Labute approximate surface area is 139 Å². The zero-order chi connectivity index (χ0) is 16.7. The Balaban J connectivity index is 1.40. The fraction of sp³-hybridized carbons (Fsp3) is 0.688. The fourth-order valence-corrected chi connectivity index (χ4v) is 4.36. The number of nitrogens with one attached hydrogen (secondary N) is 2. The van der Waals surface area contributed by atoms with Crippen LogP contribution in [0.25, 0.3) is 0 Å². The smallest absolute Gasteiger partial charge is 0.326 e. The van der Waals surface area contributed by atoms with Crippen molar-refractivity contribution in [1.82, 2.24) is 24.7 Å². The molecule has 8 heteroatoms. The van der Waals surface area contributed by atoms with E-state index in [0.29, 0.717) is 19.1 Å². The van der Waals surface area contributed by atoms with Gasteiger partial charge in [-0.05, 0) is 31.8 Å². The van der Waals surface area contributed by atoms with Crippen LogP contribution in [0.15, 0.2) is 15.7 Å². The van der Waals surface area contributed by atoms with Gasteiger partial charge in [-0.2, -0.15) is 0 Å². The van der Waals surface area contributed by atoms with Gasteiger partial charge in [-0.15, -0.1) is 0 Å². The summed E-state index contributed by atoms with van der Waals surface area (Å²) in [6, 6.07) is 1.77. The molecule has 4 fully saturated rings. The molecule has 0 spiro atoms. The summed E-state index contributed by atoms with van der Waals surface area (Å²) in [6.45, 7) is 6.60. The second-order valence-electron chi connectivity index (χ2n) is 7.03. The Morgan fingerprint density at radius 1 is 1.00 bits per heavy atom. The summed E-state index contributed by atoms with van der Waals surface area (Å²) in [5, 5.41) is 0. The Morgan fingerprint density at radius 2 is 1.71 bits per heavy atom. The van der Waals surface area contributed by atoms with E-state index in [1.54, 1.807) is 4.90 Å². The summed E-state index contributed by atoms with van der Waals surface area (Å²) in [5.74, 6) is 0.521. The minimum absolute atomic E-state index is 0.0695. The van der Waals surface area contributed by atoms with E-state index < -0.39 is 11.2 Å². The van der Waals surface area contributed by atoms with Crippen molar-refractivity contribution in [3.8, 4) is 0 Å². The van der Waals surface area contributed by atoms with Gasteiger partial charge in [0.2, 0.25) is 0 Å². The average Bonchev–Trinajstić information content (AvgIpc) is 2.61. The third-order valence-corrected chi connectivity index (χ3v) is 5.68. The molecular weight excluding hydrogens is 310 g/mol. The van der Waals surface area contributed by atoms with Gasteiger partial charge in [-0.25, -0.2) is 4.79 Å². The highest BCUT2D eigenvalue weighted by atomic mass is 16.2. The minimum Gasteiger partial charge on any atom is -0.335 e. The Bertz CT molecular complexity index is 697. The fourth-order valence-electron chi connectivity index (χ4n) is 4.36. The summed E-state index contributed by atoms with van der Waals surface area (Å²) in [6.07, 6.45) is 2.58. The SMILES string of the molecule is O=C(c1cc(=O)[nH]c(=O)[nH]1)N1CCN([C@H]2CN3CCC2CC3)CC1. The topological polar surface area (TPSA) is 92.5 Å². The maximum Gasteiger partial charge on any atom is 0.326 e. The number of rotatable bonds is 2. The lowest BCUT2D eigenvalue weighted by molar-refractivity contribution is -0.0131. The predicted octanol–water partition coefficient (Wildman–Crippen LogP) is -1.08. The second kappa shape index (κ2) is 6.18. The Hall–Kier alpha value is -1.93. The highest BCUT2D eigenvalue weighted by Gasteiger charge is 2.38. The van der Waals surface area contributed by atoms with Gasteiger partial charge in [0.1, 0.15) is 5.69 Å². The normalized spacial score (nSPS) is 30.5. The molecule has 1 aromatic rings. The van der Waals surface area contributed by atoms with E-state index >= 15 is 0 Å². The van der Waals surface area contributed by atoms with Crippen LogP contribution >= 0.6 is 0 Å². The molecule has 8 nitrogen and oxygen atoms in total. The van der Waals surface area contributed by atoms with Gasteiger partial charge in [-0.1, -0.05) is 0 Å². The molecule has 0 aliphatic carbocycles. The average molecular weight is 333 g/mol. The number of aromatic amines is 2. The van der Waals surface area contributed by atoms with Crippen LogP contribution in [-0.2, 0) is 0 Å². The van der Waals surface area contributed by atoms with Gasteiger partial charge in [-0.3, -0.25) is 19.5 Å². The van der Waals surface area contributed by atoms with Crippen LogP contribution in [0.1, 0.15) is 23.3 Å². The van der Waals surface area contributed by atoms with Gasteiger partial charge < -0.3 is 14.8 Å². The number of piperazine rings is 1. The lowest BCUT2D eigenvalue weighted by Gasteiger charge is -2.51. The number of hydrogen-bond acceptors (Lipinski definition) is 5. The summed E-state index contributed by atoms with van der Waals surface area (Å²) < 4.78 is 0. The minimum atomic E-state index is -0.642. The largest absolute Gasteiger partial charge is 0.335 e. The van der Waals surface area contributed by atoms with Gasteiger partial charge in [0.05, 0.1) is 0 Å². The van der Waals surface area contributed by atoms with E-state index in [1.807, 2.05) is 0 Å². The highest BCUT2D eigenvalue weighted by Crippen LogP contribution is 2.31. The van der Waals surface area contributed by atoms with Crippen LogP contribution in [0.5, 0.6) is 0 Å². The lowest BCUT2D eigenvalue weighted by atomic mass is 9.83. The molecule has 0 aromatic carbocycles. The molecule has 5 heterocycles. The maximum absolute atomic E-state index is 12.5. The van der Waals surface area contributed by atoms with Crippen LogP contribution in [0, 0.1) is 5.92 Å². The molecule has 1 aromatic heterocycles. The maximum atomic E-state index is 12.5. The molecule has 130 valence electrons. The first kappa shape index (κ1) is 15.6. The molecule has 5 rings (SSSR count). The highest BCUT2D eigenvalue weighted by molar-refractivity contribution is 5.92. The number of piperidine rings is 3. The van der Waals surface area contributed by atoms with Crippen molar-refractivity contribution in [3.63, 3.8) is 0 Å². The number of amides is 1. The van der Waals surface area contributed by atoms with Gasteiger partial charge in [0.15, 0.2) is 0 Å². The lowest BCUT2D eigenvalue weighted by Crippen LogP contribution is -2.61. The van der Waals surface area contributed by atoms with Crippen molar-refractivity contribution in [2.24, 2.45) is 5.92 Å². The number of carbonyl (C=O) groups is 1. The van der Waals surface area contributed by atoms with Gasteiger partial charge >= 0.3 is 5.69 Å². The summed E-state index contributed by atoms with van der Waals surface area (Å²) >= 11 is 0. The molecule has 0 radical (unpaired) electrons. The second-order valence-corrected chi connectivity index (χ2v) is 7.03. The van der Waals surface area contributed by atoms with Crippen LogP contribution < -0.4 is 11.2 Å². The van der Waals surface area contributed by atoms with E-state index in [9.17, 15) is 14.4 Å². The number of fused-ring (bicyclic) bond motifs is 3. The summed E-state index contributed by atoms with van der Waals surface area (Å²) in [7, 11) is 0. The molecule has 4 aliphatic heterocycles. The van der Waals surface area contributed by atoms with Crippen molar-refractivity contribution >= 4 is 5.91 Å². The molecule has 1 amide bonds. The van der Waals surface area contributed by atoms with Crippen molar-refractivity contribution in [2.45, 2.75) is 18.9 Å². The zero-order valence-electron chi connectivity index (χ0n) is 13.7. The number of carbonyl (C=O) groups excluding carboxylic acids is 1. The molecule has 24 heavy (non-hydrogen) atoms. The third-order valence-electron chi connectivity index (χ3n) is 5.68. The predicted molar refractivity (Wildman–Crippen MR) is 88.1 cm³/mol. The first-order chi connectivity index (χ1) is 11.6. The Kier molecular flexibility index (Phi) is 4.01. The van der Waals surface area contributed by atoms with Gasteiger partial charge in [0, 0.05) is 44.8 Å². The van der Waals surface area contributed by atoms with E-state index in [0.717, 1.165) is 31.6 Å². The van der Waals surface area contributed by atoms with E-state index in [4.69, 9.17) is 0 Å². The number of hydrogen-bond donors (Lipinski definition) is 2. The molecule has 0 unspecified atom stereocenters. The molecule has 1 atom stereocenters. The molecule has 2 N–H and O–H groups in total. The van der Waals surface area contributed by atoms with Crippen LogP contribution in [0.4, 0.5) is 0 Å². The van der Waals surface area contributed by atoms with E-state index in [-0.39, 0.29) is 11.6 Å². The first-order valence-corrected chi connectivity index (χ1v) is 8.69. The van der Waals surface area contributed by atoms with E-state index in [1.165, 1.54) is 25.9 Å². The van der Waals surface area contributed by atoms with Crippen molar-refractivity contribution < 1.29 is 4.79 Å². The third kappa shape index (κ3) is 2.91. The summed E-state index contributed by atoms with van der Waals surface area (Å²) in [4.78, 5) is 46.5. The monoisotopic (exact) mass is 333 g/mol. The van der Waals surface area contributed by atoms with Crippen molar-refractivity contribution in [2.75, 3.05) is 45.8 Å². The first-order valence-electron chi connectivity index (χ1n) is 8.69. The van der Waals surface area contributed by atoms with E-state index in [2.05, 4.69) is 19.8 Å². The molecule has 0 saturated carbocycles. The molecule has 4 saturated heterocycles. The zero-order valence-corrected chi connectivity index (χ0v) is 13.7.